The van der Waals surface area contributed by atoms with E-state index in [1.807, 2.05) is 18.2 Å². The lowest BCUT2D eigenvalue weighted by Crippen LogP contribution is -2.08. The van der Waals surface area contributed by atoms with Gasteiger partial charge in [-0.2, -0.15) is 0 Å². The molecule has 0 fully saturated rings. The van der Waals surface area contributed by atoms with Crippen LogP contribution in [0.3, 0.4) is 0 Å². The Kier molecular flexibility index (Phi) is 3.46. The van der Waals surface area contributed by atoms with Crippen LogP contribution < -0.4 is 5.73 Å². The molecular weight excluding hydrogens is 222 g/mol. The third kappa shape index (κ3) is 2.06. The molecule has 2 rings (SSSR count). The molecule has 0 saturated carbocycles. The van der Waals surface area contributed by atoms with Crippen molar-refractivity contribution in [2.45, 2.75) is 32.9 Å². The Hall–Kier alpha value is -1.06. The smallest absolute Gasteiger partial charge is 0.123 e. The van der Waals surface area contributed by atoms with Crippen LogP contribution in [0, 0.1) is 0 Å². The van der Waals surface area contributed by atoms with Gasteiger partial charge in [0.05, 0.1) is 17.6 Å². The van der Waals surface area contributed by atoms with Crippen LogP contribution in [0.2, 0.25) is 5.02 Å². The fourth-order valence-electron chi connectivity index (χ4n) is 1.87. The van der Waals surface area contributed by atoms with Crippen LogP contribution in [0.15, 0.2) is 18.2 Å². The molecule has 1 aromatic heterocycles. The first-order chi connectivity index (χ1) is 7.76. The second-order valence-electron chi connectivity index (χ2n) is 3.87. The number of benzene rings is 1. The summed E-state index contributed by atoms with van der Waals surface area (Å²) >= 11 is 5.95. The van der Waals surface area contributed by atoms with Crippen molar-refractivity contribution in [3.8, 4) is 0 Å². The highest BCUT2D eigenvalue weighted by Gasteiger charge is 2.08. The highest BCUT2D eigenvalue weighted by atomic mass is 35.5. The lowest BCUT2D eigenvalue weighted by atomic mass is 10.3. The summed E-state index contributed by atoms with van der Waals surface area (Å²) in [7, 11) is 0. The summed E-state index contributed by atoms with van der Waals surface area (Å²) in [5.41, 5.74) is 7.77. The third-order valence-electron chi connectivity index (χ3n) is 2.71. The monoisotopic (exact) mass is 237 g/mol. The van der Waals surface area contributed by atoms with E-state index in [-0.39, 0.29) is 0 Å². The van der Waals surface area contributed by atoms with Gasteiger partial charge in [-0.1, -0.05) is 24.9 Å². The molecule has 86 valence electrons. The summed E-state index contributed by atoms with van der Waals surface area (Å²) in [5.74, 6) is 0.936. The first-order valence-electron chi connectivity index (χ1n) is 5.61. The molecule has 0 aliphatic heterocycles. The summed E-state index contributed by atoms with van der Waals surface area (Å²) in [6.07, 6.45) is 2.30. The lowest BCUT2D eigenvalue weighted by molar-refractivity contribution is 0.617. The Balaban J connectivity index is 2.50. The number of aromatic nitrogens is 2. The molecule has 3 nitrogen and oxygen atoms in total. The number of halogens is 1. The van der Waals surface area contributed by atoms with Crippen molar-refractivity contribution < 1.29 is 0 Å². The van der Waals surface area contributed by atoms with Crippen LogP contribution in [0.5, 0.6) is 0 Å². The van der Waals surface area contributed by atoms with Crippen LogP contribution in [0.4, 0.5) is 0 Å². The maximum Gasteiger partial charge on any atom is 0.123 e. The molecule has 2 N–H and O–H groups in total. The molecule has 0 atom stereocenters. The molecule has 0 aliphatic rings. The van der Waals surface area contributed by atoms with Crippen molar-refractivity contribution >= 4 is 22.6 Å². The molecular formula is C12H16ClN3. The minimum Gasteiger partial charge on any atom is -0.327 e. The van der Waals surface area contributed by atoms with Gasteiger partial charge in [-0.3, -0.25) is 0 Å². The fourth-order valence-corrected chi connectivity index (χ4v) is 2.04. The Morgan fingerprint density at radius 2 is 2.25 bits per heavy atom. The van der Waals surface area contributed by atoms with Crippen LogP contribution >= 0.6 is 11.6 Å². The Labute approximate surface area is 100 Å². The molecule has 0 bridgehead atoms. The zero-order chi connectivity index (χ0) is 11.5. The third-order valence-corrected chi connectivity index (χ3v) is 2.94. The summed E-state index contributed by atoms with van der Waals surface area (Å²) in [5, 5.41) is 0.719. The Morgan fingerprint density at radius 1 is 1.44 bits per heavy atom. The number of hydrogen-bond acceptors (Lipinski definition) is 2. The molecule has 1 heterocycles. The molecule has 0 radical (unpaired) electrons. The van der Waals surface area contributed by atoms with Crippen molar-refractivity contribution in [3.63, 3.8) is 0 Å². The fraction of sp³-hybridized carbons (Fsp3) is 0.417. The highest BCUT2D eigenvalue weighted by molar-refractivity contribution is 6.31. The van der Waals surface area contributed by atoms with E-state index in [1.165, 1.54) is 0 Å². The van der Waals surface area contributed by atoms with Gasteiger partial charge in [0.1, 0.15) is 5.82 Å². The van der Waals surface area contributed by atoms with Crippen LogP contribution in [0.25, 0.3) is 11.0 Å². The SMILES string of the molecule is CCCCn1c(CN)nc2cc(Cl)ccc21. The number of unbranched alkanes of at least 4 members (excludes halogenated alkanes) is 1. The quantitative estimate of drug-likeness (QED) is 0.889. The molecule has 0 saturated heterocycles. The average Bonchev–Trinajstić information content (AvgIpc) is 2.63. The van der Waals surface area contributed by atoms with E-state index in [9.17, 15) is 0 Å². The van der Waals surface area contributed by atoms with E-state index < -0.39 is 0 Å². The number of imidazole rings is 1. The van der Waals surface area contributed by atoms with Gasteiger partial charge in [0, 0.05) is 11.6 Å². The first-order valence-corrected chi connectivity index (χ1v) is 5.98. The van der Waals surface area contributed by atoms with E-state index in [0.717, 1.165) is 41.3 Å². The maximum atomic E-state index is 5.95. The minimum atomic E-state index is 0.468. The second-order valence-corrected chi connectivity index (χ2v) is 4.31. The van der Waals surface area contributed by atoms with E-state index in [2.05, 4.69) is 16.5 Å². The molecule has 2 aromatic rings. The number of fused-ring (bicyclic) bond motifs is 1. The van der Waals surface area contributed by atoms with Gasteiger partial charge in [0.25, 0.3) is 0 Å². The average molecular weight is 238 g/mol. The molecule has 0 aliphatic carbocycles. The lowest BCUT2D eigenvalue weighted by Gasteiger charge is -2.06. The van der Waals surface area contributed by atoms with Gasteiger partial charge in [-0.05, 0) is 24.6 Å². The number of nitrogens with zero attached hydrogens (tertiary/aromatic N) is 2. The summed E-state index contributed by atoms with van der Waals surface area (Å²) in [6, 6.07) is 5.80. The largest absolute Gasteiger partial charge is 0.327 e. The van der Waals surface area contributed by atoms with Crippen molar-refractivity contribution in [2.24, 2.45) is 5.73 Å². The molecule has 0 spiro atoms. The van der Waals surface area contributed by atoms with Gasteiger partial charge < -0.3 is 10.3 Å². The highest BCUT2D eigenvalue weighted by Crippen LogP contribution is 2.21. The molecule has 16 heavy (non-hydrogen) atoms. The number of rotatable bonds is 4. The van der Waals surface area contributed by atoms with Crippen LogP contribution in [-0.4, -0.2) is 9.55 Å². The van der Waals surface area contributed by atoms with Crippen molar-refractivity contribution in [1.29, 1.82) is 0 Å². The van der Waals surface area contributed by atoms with Gasteiger partial charge in [-0.25, -0.2) is 4.98 Å². The zero-order valence-electron chi connectivity index (χ0n) is 9.41. The standard InChI is InChI=1S/C12H16ClN3/c1-2-3-6-16-11-5-4-9(13)7-10(11)15-12(16)8-14/h4-5,7H,2-3,6,8,14H2,1H3. The molecule has 0 unspecified atom stereocenters. The Morgan fingerprint density at radius 3 is 2.94 bits per heavy atom. The first kappa shape index (κ1) is 11.4. The van der Waals surface area contributed by atoms with Crippen LogP contribution in [-0.2, 0) is 13.1 Å². The van der Waals surface area contributed by atoms with Crippen LogP contribution in [0.1, 0.15) is 25.6 Å². The number of aryl methyl sites for hydroxylation is 1. The van der Waals surface area contributed by atoms with Gasteiger partial charge >= 0.3 is 0 Å². The zero-order valence-corrected chi connectivity index (χ0v) is 10.2. The van der Waals surface area contributed by atoms with Crippen molar-refractivity contribution in [2.75, 3.05) is 0 Å². The van der Waals surface area contributed by atoms with Gasteiger partial charge in [-0.15, -0.1) is 0 Å². The van der Waals surface area contributed by atoms with Gasteiger partial charge in [0.2, 0.25) is 0 Å². The van der Waals surface area contributed by atoms with E-state index in [4.69, 9.17) is 17.3 Å². The molecule has 0 amide bonds. The second kappa shape index (κ2) is 4.85. The predicted octanol–water partition coefficient (Wildman–Crippen LogP) is 2.95. The summed E-state index contributed by atoms with van der Waals surface area (Å²) < 4.78 is 2.19. The maximum absolute atomic E-state index is 5.95. The topological polar surface area (TPSA) is 43.8 Å². The van der Waals surface area contributed by atoms with E-state index in [1.54, 1.807) is 0 Å². The number of hydrogen-bond donors (Lipinski definition) is 1. The summed E-state index contributed by atoms with van der Waals surface area (Å²) in [6.45, 7) is 3.62. The van der Waals surface area contributed by atoms with Gasteiger partial charge in [0.15, 0.2) is 0 Å². The van der Waals surface area contributed by atoms with E-state index in [0.29, 0.717) is 6.54 Å². The minimum absolute atomic E-state index is 0.468. The molecule has 1 aromatic carbocycles. The molecule has 4 heteroatoms. The Bertz CT molecular complexity index is 490. The van der Waals surface area contributed by atoms with E-state index >= 15 is 0 Å². The predicted molar refractivity (Wildman–Crippen MR) is 67.5 cm³/mol. The van der Waals surface area contributed by atoms with Crippen molar-refractivity contribution in [1.82, 2.24) is 9.55 Å². The van der Waals surface area contributed by atoms with Crippen molar-refractivity contribution in [3.05, 3.63) is 29.0 Å². The summed E-state index contributed by atoms with van der Waals surface area (Å²) in [4.78, 5) is 4.50. The number of nitrogens with two attached hydrogens (primary N) is 1. The normalized spacial score (nSPS) is 11.2.